The van der Waals surface area contributed by atoms with Gasteiger partial charge in [0.15, 0.2) is 0 Å². The van der Waals surface area contributed by atoms with Gasteiger partial charge in [0.2, 0.25) is 0 Å². The minimum Gasteiger partial charge on any atom is -0.366 e. The molecule has 1 fully saturated rings. The van der Waals surface area contributed by atoms with Crippen LogP contribution in [0, 0.1) is 5.92 Å². The Morgan fingerprint density at radius 3 is 3.15 bits per heavy atom. The predicted octanol–water partition coefficient (Wildman–Crippen LogP) is 3.51. The van der Waals surface area contributed by atoms with Crippen molar-refractivity contribution in [2.24, 2.45) is 5.92 Å². The van der Waals surface area contributed by atoms with Gasteiger partial charge < -0.3 is 10.2 Å². The zero-order valence-corrected chi connectivity index (χ0v) is 13.3. The van der Waals surface area contributed by atoms with Gasteiger partial charge in [0.05, 0.1) is 15.7 Å². The second-order valence-electron chi connectivity index (χ2n) is 5.91. The summed E-state index contributed by atoms with van der Waals surface area (Å²) in [6.07, 6.45) is 1.23. The van der Waals surface area contributed by atoms with Gasteiger partial charge in [-0.2, -0.15) is 0 Å². The van der Waals surface area contributed by atoms with Gasteiger partial charge >= 0.3 is 0 Å². The maximum Gasteiger partial charge on any atom is 0.0813 e. The van der Waals surface area contributed by atoms with Gasteiger partial charge in [-0.1, -0.05) is 20.3 Å². The van der Waals surface area contributed by atoms with Crippen molar-refractivity contribution in [3.05, 3.63) is 23.7 Å². The average Bonchev–Trinajstić information content (AvgIpc) is 2.94. The van der Waals surface area contributed by atoms with E-state index in [1.807, 2.05) is 5.51 Å². The number of anilines is 1. The molecular weight excluding hydrogens is 266 g/mol. The number of hydrogen-bond donors (Lipinski definition) is 1. The summed E-state index contributed by atoms with van der Waals surface area (Å²) >= 11 is 1.72. The van der Waals surface area contributed by atoms with E-state index in [9.17, 15) is 0 Å². The maximum atomic E-state index is 4.37. The fourth-order valence-corrected chi connectivity index (χ4v) is 3.65. The molecule has 3 unspecified atom stereocenters. The summed E-state index contributed by atoms with van der Waals surface area (Å²) in [6, 6.07) is 7.79. The second kappa shape index (κ2) is 5.70. The van der Waals surface area contributed by atoms with Crippen LogP contribution in [0.5, 0.6) is 0 Å². The Kier molecular flexibility index (Phi) is 3.94. The van der Waals surface area contributed by atoms with Crippen LogP contribution in [-0.2, 0) is 0 Å². The first kappa shape index (κ1) is 13.8. The molecule has 3 rings (SSSR count). The Bertz CT molecular complexity index is 580. The average molecular weight is 289 g/mol. The van der Waals surface area contributed by atoms with Gasteiger partial charge in [-0.3, -0.25) is 0 Å². The number of fused-ring (bicyclic) bond motifs is 1. The first-order valence-electron chi connectivity index (χ1n) is 7.52. The summed E-state index contributed by atoms with van der Waals surface area (Å²) < 4.78 is 1.29. The SMILES string of the molecule is CCC(C)C1CN(c2ccc3ncsc3c2)C(C)CN1. The summed E-state index contributed by atoms with van der Waals surface area (Å²) in [5, 5.41) is 3.70. The molecule has 0 saturated carbocycles. The van der Waals surface area contributed by atoms with Crippen molar-refractivity contribution in [3.63, 3.8) is 0 Å². The Labute approximate surface area is 125 Å². The van der Waals surface area contributed by atoms with Crippen molar-refractivity contribution in [1.29, 1.82) is 0 Å². The largest absolute Gasteiger partial charge is 0.366 e. The molecule has 0 aliphatic carbocycles. The van der Waals surface area contributed by atoms with Gasteiger partial charge in [-0.25, -0.2) is 4.98 Å². The van der Waals surface area contributed by atoms with Crippen LogP contribution in [0.2, 0.25) is 0 Å². The molecule has 3 atom stereocenters. The Morgan fingerprint density at radius 2 is 2.35 bits per heavy atom. The zero-order chi connectivity index (χ0) is 14.1. The maximum absolute atomic E-state index is 4.37. The number of nitrogens with one attached hydrogen (secondary N) is 1. The fraction of sp³-hybridized carbons (Fsp3) is 0.562. The molecule has 108 valence electrons. The molecule has 4 heteroatoms. The first-order chi connectivity index (χ1) is 9.69. The molecule has 1 aromatic carbocycles. The van der Waals surface area contributed by atoms with E-state index >= 15 is 0 Å². The lowest BCUT2D eigenvalue weighted by Gasteiger charge is -2.42. The van der Waals surface area contributed by atoms with Crippen LogP contribution in [0.1, 0.15) is 27.2 Å². The topological polar surface area (TPSA) is 28.2 Å². The highest BCUT2D eigenvalue weighted by Gasteiger charge is 2.27. The van der Waals surface area contributed by atoms with Crippen molar-refractivity contribution in [2.75, 3.05) is 18.0 Å². The lowest BCUT2D eigenvalue weighted by molar-refractivity contribution is 0.316. The van der Waals surface area contributed by atoms with Gasteiger partial charge in [0, 0.05) is 30.9 Å². The highest BCUT2D eigenvalue weighted by molar-refractivity contribution is 7.16. The molecule has 1 aliphatic rings. The zero-order valence-electron chi connectivity index (χ0n) is 12.5. The third-order valence-electron chi connectivity index (χ3n) is 4.58. The molecule has 0 bridgehead atoms. The number of hydrogen-bond acceptors (Lipinski definition) is 4. The third kappa shape index (κ3) is 2.54. The third-order valence-corrected chi connectivity index (χ3v) is 5.37. The smallest absolute Gasteiger partial charge is 0.0813 e. The van der Waals surface area contributed by atoms with Crippen LogP contribution < -0.4 is 10.2 Å². The predicted molar refractivity (Wildman–Crippen MR) is 87.7 cm³/mol. The summed E-state index contributed by atoms with van der Waals surface area (Å²) in [7, 11) is 0. The highest BCUT2D eigenvalue weighted by Crippen LogP contribution is 2.27. The number of nitrogens with zero attached hydrogens (tertiary/aromatic N) is 2. The van der Waals surface area contributed by atoms with Crippen molar-refractivity contribution >= 4 is 27.2 Å². The van der Waals surface area contributed by atoms with E-state index in [4.69, 9.17) is 0 Å². The van der Waals surface area contributed by atoms with Crippen LogP contribution in [0.3, 0.4) is 0 Å². The van der Waals surface area contributed by atoms with Crippen LogP contribution in [-0.4, -0.2) is 30.2 Å². The monoisotopic (exact) mass is 289 g/mol. The Balaban J connectivity index is 1.86. The van der Waals surface area contributed by atoms with Gasteiger partial charge in [0.1, 0.15) is 0 Å². The van der Waals surface area contributed by atoms with Crippen molar-refractivity contribution in [2.45, 2.75) is 39.3 Å². The molecule has 1 aromatic heterocycles. The van der Waals surface area contributed by atoms with E-state index in [0.717, 1.165) is 24.5 Å². The van der Waals surface area contributed by atoms with E-state index < -0.39 is 0 Å². The minimum atomic E-state index is 0.542. The van der Waals surface area contributed by atoms with Crippen molar-refractivity contribution in [3.8, 4) is 0 Å². The standard InChI is InChI=1S/C16H23N3S/c1-4-11(2)15-9-19(12(3)8-17-15)13-5-6-14-16(7-13)20-10-18-14/h5-7,10-12,15,17H,4,8-9H2,1-3H3. The second-order valence-corrected chi connectivity index (χ2v) is 6.79. The number of aromatic nitrogens is 1. The fourth-order valence-electron chi connectivity index (χ4n) is 2.94. The molecule has 2 aromatic rings. The Morgan fingerprint density at radius 1 is 1.50 bits per heavy atom. The number of rotatable bonds is 3. The van der Waals surface area contributed by atoms with Crippen LogP contribution >= 0.6 is 11.3 Å². The minimum absolute atomic E-state index is 0.542. The molecule has 20 heavy (non-hydrogen) atoms. The first-order valence-corrected chi connectivity index (χ1v) is 8.40. The summed E-state index contributed by atoms with van der Waals surface area (Å²) in [5.74, 6) is 0.720. The number of piperazine rings is 1. The number of benzene rings is 1. The van der Waals surface area contributed by atoms with Crippen LogP contribution in [0.25, 0.3) is 10.2 Å². The lowest BCUT2D eigenvalue weighted by Crippen LogP contribution is -2.57. The summed E-state index contributed by atoms with van der Waals surface area (Å²) in [5.41, 5.74) is 4.38. The van der Waals surface area contributed by atoms with Gasteiger partial charge in [-0.05, 0) is 31.0 Å². The molecule has 2 heterocycles. The van der Waals surface area contributed by atoms with E-state index in [0.29, 0.717) is 12.1 Å². The van der Waals surface area contributed by atoms with Crippen LogP contribution in [0.15, 0.2) is 23.7 Å². The molecule has 0 spiro atoms. The van der Waals surface area contributed by atoms with Gasteiger partial charge in [0.25, 0.3) is 0 Å². The quantitative estimate of drug-likeness (QED) is 0.937. The lowest BCUT2D eigenvalue weighted by atomic mass is 9.95. The molecule has 0 amide bonds. The van der Waals surface area contributed by atoms with E-state index in [-0.39, 0.29) is 0 Å². The van der Waals surface area contributed by atoms with E-state index in [1.165, 1.54) is 16.8 Å². The molecular formula is C16H23N3S. The molecule has 1 aliphatic heterocycles. The normalized spacial score (nSPS) is 25.1. The van der Waals surface area contributed by atoms with Crippen LogP contribution in [0.4, 0.5) is 5.69 Å². The van der Waals surface area contributed by atoms with E-state index in [1.54, 1.807) is 11.3 Å². The van der Waals surface area contributed by atoms with Crippen molar-refractivity contribution < 1.29 is 0 Å². The van der Waals surface area contributed by atoms with Crippen molar-refractivity contribution in [1.82, 2.24) is 10.3 Å². The summed E-state index contributed by atoms with van der Waals surface area (Å²) in [6.45, 7) is 9.09. The molecule has 1 N–H and O–H groups in total. The molecule has 3 nitrogen and oxygen atoms in total. The number of thiazole rings is 1. The van der Waals surface area contributed by atoms with E-state index in [2.05, 4.69) is 54.2 Å². The molecule has 1 saturated heterocycles. The molecule has 0 radical (unpaired) electrons. The summed E-state index contributed by atoms with van der Waals surface area (Å²) in [4.78, 5) is 6.92. The Hall–Kier alpha value is -1.13. The van der Waals surface area contributed by atoms with Gasteiger partial charge in [-0.15, -0.1) is 11.3 Å². The highest BCUT2D eigenvalue weighted by atomic mass is 32.1.